The van der Waals surface area contributed by atoms with Crippen molar-refractivity contribution in [3.8, 4) is 0 Å². The Morgan fingerprint density at radius 3 is 3.00 bits per heavy atom. The van der Waals surface area contributed by atoms with Crippen molar-refractivity contribution in [1.82, 2.24) is 29.2 Å². The van der Waals surface area contributed by atoms with E-state index in [9.17, 15) is 4.79 Å². The Hall–Kier alpha value is -2.48. The molecule has 0 unspecified atom stereocenters. The van der Waals surface area contributed by atoms with E-state index in [1.54, 1.807) is 36.3 Å². The molecule has 3 rings (SSSR count). The fourth-order valence-electron chi connectivity index (χ4n) is 1.97. The number of fused-ring (bicyclic) bond motifs is 1. The third-order valence-electron chi connectivity index (χ3n) is 2.91. The van der Waals surface area contributed by atoms with E-state index < -0.39 is 0 Å². The number of rotatable bonds is 5. The lowest BCUT2D eigenvalue weighted by Gasteiger charge is -1.98. The summed E-state index contributed by atoms with van der Waals surface area (Å²) in [6.07, 6.45) is 3.50. The molecule has 0 aliphatic heterocycles. The van der Waals surface area contributed by atoms with Gasteiger partial charge >= 0.3 is 5.69 Å². The number of aryl methyl sites for hydroxylation is 2. The van der Waals surface area contributed by atoms with Gasteiger partial charge in [-0.1, -0.05) is 11.3 Å². The van der Waals surface area contributed by atoms with Gasteiger partial charge in [-0.15, -0.1) is 10.2 Å². The predicted octanol–water partition coefficient (Wildman–Crippen LogP) is -0.0659. The van der Waals surface area contributed by atoms with Gasteiger partial charge in [0, 0.05) is 13.3 Å². The van der Waals surface area contributed by atoms with E-state index in [4.69, 9.17) is 4.74 Å². The van der Waals surface area contributed by atoms with E-state index in [0.717, 1.165) is 5.69 Å². The first-order valence-electron chi connectivity index (χ1n) is 6.20. The number of pyridine rings is 1. The lowest BCUT2D eigenvalue weighted by molar-refractivity contribution is 0.181. The van der Waals surface area contributed by atoms with Crippen molar-refractivity contribution in [1.29, 1.82) is 0 Å². The molecule has 0 aliphatic carbocycles. The molecular formula is C12H14N6O2. The summed E-state index contributed by atoms with van der Waals surface area (Å²) in [5, 5.41) is 12.2. The molecule has 0 radical (unpaired) electrons. The van der Waals surface area contributed by atoms with Crippen LogP contribution in [0.1, 0.15) is 5.69 Å². The van der Waals surface area contributed by atoms with Crippen molar-refractivity contribution in [3.05, 3.63) is 46.8 Å². The second-order valence-electron chi connectivity index (χ2n) is 4.34. The zero-order valence-corrected chi connectivity index (χ0v) is 11.0. The highest BCUT2D eigenvalue weighted by Gasteiger charge is 2.06. The zero-order chi connectivity index (χ0) is 13.9. The minimum Gasteiger partial charge on any atom is -0.378 e. The van der Waals surface area contributed by atoms with Crippen molar-refractivity contribution < 1.29 is 4.74 Å². The number of hydrogen-bond donors (Lipinski definition) is 0. The molecule has 8 nitrogen and oxygen atoms in total. The Morgan fingerprint density at radius 2 is 2.20 bits per heavy atom. The Balaban J connectivity index is 1.76. The minimum absolute atomic E-state index is 0.155. The molecule has 3 aromatic rings. The molecule has 0 bridgehead atoms. The fourth-order valence-corrected chi connectivity index (χ4v) is 1.97. The first-order valence-corrected chi connectivity index (χ1v) is 6.20. The van der Waals surface area contributed by atoms with Crippen molar-refractivity contribution in [3.63, 3.8) is 0 Å². The van der Waals surface area contributed by atoms with E-state index in [1.807, 2.05) is 6.07 Å². The minimum atomic E-state index is -0.155. The van der Waals surface area contributed by atoms with Gasteiger partial charge in [-0.3, -0.25) is 9.08 Å². The van der Waals surface area contributed by atoms with Crippen LogP contribution in [0.15, 0.2) is 35.4 Å². The predicted molar refractivity (Wildman–Crippen MR) is 70.2 cm³/mol. The third kappa shape index (κ3) is 2.32. The SMILES string of the molecule is COCc1cn(CCn2nc3ccccn3c2=O)nn1. The van der Waals surface area contributed by atoms with Crippen LogP contribution in [-0.4, -0.2) is 36.3 Å². The quantitative estimate of drug-likeness (QED) is 0.651. The van der Waals surface area contributed by atoms with Gasteiger partial charge in [0.05, 0.1) is 25.9 Å². The van der Waals surface area contributed by atoms with Gasteiger partial charge in [0.25, 0.3) is 0 Å². The summed E-state index contributed by atoms with van der Waals surface area (Å²) < 4.78 is 9.58. The molecule has 3 heterocycles. The molecule has 0 saturated carbocycles. The maximum atomic E-state index is 12.1. The molecule has 0 N–H and O–H groups in total. The molecule has 8 heteroatoms. The highest BCUT2D eigenvalue weighted by molar-refractivity contribution is 5.35. The van der Waals surface area contributed by atoms with Crippen LogP contribution in [0.2, 0.25) is 0 Å². The monoisotopic (exact) mass is 274 g/mol. The van der Waals surface area contributed by atoms with Gasteiger partial charge in [0.2, 0.25) is 0 Å². The second-order valence-corrected chi connectivity index (χ2v) is 4.34. The summed E-state index contributed by atoms with van der Waals surface area (Å²) in [5.74, 6) is 0. The van der Waals surface area contributed by atoms with E-state index in [-0.39, 0.29) is 5.69 Å². The number of nitrogens with zero attached hydrogens (tertiary/aromatic N) is 6. The molecule has 0 saturated heterocycles. The van der Waals surface area contributed by atoms with Gasteiger partial charge in [-0.05, 0) is 12.1 Å². The molecule has 104 valence electrons. The third-order valence-corrected chi connectivity index (χ3v) is 2.91. The number of aromatic nitrogens is 6. The summed E-state index contributed by atoms with van der Waals surface area (Å²) in [6.45, 7) is 1.39. The molecule has 3 aromatic heterocycles. The van der Waals surface area contributed by atoms with Crippen molar-refractivity contribution in [2.75, 3.05) is 7.11 Å². The summed E-state index contributed by atoms with van der Waals surface area (Å²) in [6, 6.07) is 5.44. The Bertz CT molecular complexity index is 771. The van der Waals surface area contributed by atoms with Crippen LogP contribution >= 0.6 is 0 Å². The lowest BCUT2D eigenvalue weighted by Crippen LogP contribution is -2.23. The van der Waals surface area contributed by atoms with Crippen molar-refractivity contribution in [2.45, 2.75) is 19.7 Å². The second kappa shape index (κ2) is 5.25. The number of methoxy groups -OCH3 is 1. The molecule has 0 atom stereocenters. The van der Waals surface area contributed by atoms with E-state index in [0.29, 0.717) is 25.3 Å². The lowest BCUT2D eigenvalue weighted by atomic mass is 10.5. The van der Waals surface area contributed by atoms with Crippen molar-refractivity contribution >= 4 is 5.65 Å². The van der Waals surface area contributed by atoms with E-state index >= 15 is 0 Å². The standard InChI is InChI=1S/C12H14N6O2/c1-20-9-10-8-16(15-13-10)6-7-18-12(19)17-5-3-2-4-11(17)14-18/h2-5,8H,6-7,9H2,1H3. The average molecular weight is 274 g/mol. The molecule has 0 aromatic carbocycles. The summed E-state index contributed by atoms with van der Waals surface area (Å²) in [7, 11) is 1.61. The smallest absolute Gasteiger partial charge is 0.350 e. The molecule has 20 heavy (non-hydrogen) atoms. The summed E-state index contributed by atoms with van der Waals surface area (Å²) in [4.78, 5) is 12.1. The van der Waals surface area contributed by atoms with Crippen molar-refractivity contribution in [2.24, 2.45) is 0 Å². The van der Waals surface area contributed by atoms with Crippen LogP contribution in [0.3, 0.4) is 0 Å². The van der Waals surface area contributed by atoms with Crippen LogP contribution in [0.5, 0.6) is 0 Å². The highest BCUT2D eigenvalue weighted by atomic mass is 16.5. The van der Waals surface area contributed by atoms with Gasteiger partial charge < -0.3 is 4.74 Å². The van der Waals surface area contributed by atoms with Crippen LogP contribution in [-0.2, 0) is 24.4 Å². The van der Waals surface area contributed by atoms with E-state index in [1.165, 1.54) is 9.08 Å². The van der Waals surface area contributed by atoms with Crippen LogP contribution in [0.25, 0.3) is 5.65 Å². The summed E-state index contributed by atoms with van der Waals surface area (Å²) >= 11 is 0. The maximum absolute atomic E-state index is 12.1. The largest absolute Gasteiger partial charge is 0.378 e. The fraction of sp³-hybridized carbons (Fsp3) is 0.333. The average Bonchev–Trinajstić information content (AvgIpc) is 3.03. The number of ether oxygens (including phenoxy) is 1. The molecule has 0 fully saturated rings. The molecule has 0 spiro atoms. The topological polar surface area (TPSA) is 79.2 Å². The number of hydrogen-bond acceptors (Lipinski definition) is 5. The normalized spacial score (nSPS) is 11.2. The highest BCUT2D eigenvalue weighted by Crippen LogP contribution is 1.97. The van der Waals surface area contributed by atoms with Crippen LogP contribution < -0.4 is 5.69 Å². The first-order chi connectivity index (χ1) is 9.78. The van der Waals surface area contributed by atoms with Gasteiger partial charge in [0.15, 0.2) is 5.65 Å². The first kappa shape index (κ1) is 12.5. The molecule has 0 aliphatic rings. The molecular weight excluding hydrogens is 260 g/mol. The maximum Gasteiger partial charge on any atom is 0.350 e. The van der Waals surface area contributed by atoms with Gasteiger partial charge in [-0.25, -0.2) is 9.48 Å². The Kier molecular flexibility index (Phi) is 3.30. The zero-order valence-electron chi connectivity index (χ0n) is 11.0. The van der Waals surface area contributed by atoms with Gasteiger partial charge in [0.1, 0.15) is 5.69 Å². The van der Waals surface area contributed by atoms with Crippen LogP contribution in [0.4, 0.5) is 0 Å². The van der Waals surface area contributed by atoms with Gasteiger partial charge in [-0.2, -0.15) is 0 Å². The van der Waals surface area contributed by atoms with Crippen LogP contribution in [0, 0.1) is 0 Å². The summed E-state index contributed by atoms with van der Waals surface area (Å²) in [5.41, 5.74) is 1.24. The Morgan fingerprint density at radius 1 is 1.30 bits per heavy atom. The molecule has 0 amide bonds. The van der Waals surface area contributed by atoms with E-state index in [2.05, 4.69) is 15.4 Å². The Labute approximate surface area is 114 Å².